The fourth-order valence-corrected chi connectivity index (χ4v) is 1.13. The summed E-state index contributed by atoms with van der Waals surface area (Å²) < 4.78 is 9.01. The SMILES string of the molecule is C1=CC=CC=CC=C1.c1cc[pH]ooc1. The molecule has 1 aliphatic carbocycles. The minimum atomic E-state index is 0.329. The van der Waals surface area contributed by atoms with E-state index in [9.17, 15) is 0 Å². The summed E-state index contributed by atoms with van der Waals surface area (Å²) >= 11 is 0. The molecule has 2 nitrogen and oxygen atoms in total. The number of rotatable bonds is 0. The first-order valence-electron chi connectivity index (χ1n) is 4.56. The third kappa shape index (κ3) is 7.41. The van der Waals surface area contributed by atoms with Crippen LogP contribution >= 0.6 is 8.43 Å². The molecule has 0 aromatic carbocycles. The Morgan fingerprint density at radius 2 is 1.20 bits per heavy atom. The zero-order chi connectivity index (χ0) is 10.6. The number of allylic oxidation sites excluding steroid dienone is 8. The van der Waals surface area contributed by atoms with Crippen molar-refractivity contribution in [2.45, 2.75) is 0 Å². The lowest BCUT2D eigenvalue weighted by atomic mass is 10.3. The molecular formula is C12H13O2P. The molecule has 0 radical (unpaired) electrons. The molecule has 0 bridgehead atoms. The summed E-state index contributed by atoms with van der Waals surface area (Å²) in [6.07, 6.45) is 17.5. The van der Waals surface area contributed by atoms with Crippen LogP contribution in [0.4, 0.5) is 0 Å². The highest BCUT2D eigenvalue weighted by Crippen LogP contribution is 1.96. The van der Waals surface area contributed by atoms with Crippen molar-refractivity contribution in [3.8, 4) is 0 Å². The fraction of sp³-hybridized carbons (Fsp3) is 0. The van der Waals surface area contributed by atoms with Crippen LogP contribution in [0.2, 0.25) is 0 Å². The molecule has 0 saturated heterocycles. The van der Waals surface area contributed by atoms with Crippen LogP contribution in [0.15, 0.2) is 81.7 Å². The molecule has 78 valence electrons. The van der Waals surface area contributed by atoms with Crippen molar-refractivity contribution < 1.29 is 8.93 Å². The molecule has 3 heteroatoms. The molecule has 0 spiro atoms. The minimum absolute atomic E-state index is 0.329. The topological polar surface area (TPSA) is 26.3 Å². The molecule has 2 rings (SSSR count). The van der Waals surface area contributed by atoms with Gasteiger partial charge in [-0.25, -0.2) is 0 Å². The van der Waals surface area contributed by atoms with Crippen LogP contribution in [-0.4, -0.2) is 0 Å². The summed E-state index contributed by atoms with van der Waals surface area (Å²) in [5.41, 5.74) is 0. The van der Waals surface area contributed by atoms with Crippen molar-refractivity contribution in [1.29, 1.82) is 0 Å². The molecule has 1 aliphatic rings. The van der Waals surface area contributed by atoms with E-state index in [-0.39, 0.29) is 0 Å². The first kappa shape index (κ1) is 11.4. The Kier molecular flexibility index (Phi) is 6.79. The van der Waals surface area contributed by atoms with E-state index in [1.165, 1.54) is 6.26 Å². The van der Waals surface area contributed by atoms with Crippen LogP contribution in [-0.2, 0) is 0 Å². The van der Waals surface area contributed by atoms with E-state index in [1.54, 1.807) is 6.07 Å². The summed E-state index contributed by atoms with van der Waals surface area (Å²) in [5.74, 6) is 1.89. The van der Waals surface area contributed by atoms with Gasteiger partial charge in [0, 0.05) is 0 Å². The highest BCUT2D eigenvalue weighted by atomic mass is 31.1. The molecule has 1 aromatic heterocycles. The summed E-state index contributed by atoms with van der Waals surface area (Å²) in [6.45, 7) is 0. The van der Waals surface area contributed by atoms with Gasteiger partial charge in [-0.3, -0.25) is 8.93 Å². The van der Waals surface area contributed by atoms with E-state index in [1.807, 2.05) is 60.5 Å². The summed E-state index contributed by atoms with van der Waals surface area (Å²) in [5, 5.41) is 0. The van der Waals surface area contributed by atoms with Gasteiger partial charge in [-0.15, -0.1) is 0 Å². The Bertz CT molecular complexity index is 279. The molecule has 0 amide bonds. The summed E-state index contributed by atoms with van der Waals surface area (Å²) in [7, 11) is 0.329. The van der Waals surface area contributed by atoms with E-state index < -0.39 is 0 Å². The van der Waals surface area contributed by atoms with Gasteiger partial charge in [0.25, 0.3) is 0 Å². The molecule has 0 aliphatic heterocycles. The Hall–Kier alpha value is -1.66. The lowest BCUT2D eigenvalue weighted by molar-refractivity contribution is 0.102. The monoisotopic (exact) mass is 220 g/mol. The standard InChI is InChI=1S/C8H8.C4H5O2P/c1-2-4-6-8-7-5-3-1;1-2-4-7-6-5-3-1/h1-8H;1-4,7H. The average molecular weight is 220 g/mol. The Labute approximate surface area is 90.7 Å². The molecule has 1 unspecified atom stereocenters. The van der Waals surface area contributed by atoms with Crippen LogP contribution in [0.3, 0.4) is 0 Å². The van der Waals surface area contributed by atoms with Crippen molar-refractivity contribution in [3.05, 3.63) is 72.8 Å². The van der Waals surface area contributed by atoms with Gasteiger partial charge >= 0.3 is 0 Å². The third-order valence-corrected chi connectivity index (χ3v) is 1.92. The first-order valence-corrected chi connectivity index (χ1v) is 5.55. The van der Waals surface area contributed by atoms with Crippen molar-refractivity contribution in [1.82, 2.24) is 0 Å². The second kappa shape index (κ2) is 8.92. The van der Waals surface area contributed by atoms with Gasteiger partial charge in [-0.05, 0) is 11.9 Å². The molecule has 1 atom stereocenters. The average Bonchev–Trinajstić information content (AvgIpc) is 2.48. The van der Waals surface area contributed by atoms with Gasteiger partial charge in [0.1, 0.15) is 6.26 Å². The lowest BCUT2D eigenvalue weighted by Gasteiger charge is -1.77. The molecule has 15 heavy (non-hydrogen) atoms. The molecule has 0 saturated carbocycles. The normalized spacial score (nSPS) is 12.8. The molecule has 0 N–H and O–H groups in total. The summed E-state index contributed by atoms with van der Waals surface area (Å²) in [4.78, 5) is 0. The van der Waals surface area contributed by atoms with E-state index in [0.29, 0.717) is 8.43 Å². The quantitative estimate of drug-likeness (QED) is 0.611. The van der Waals surface area contributed by atoms with Crippen LogP contribution < -0.4 is 0 Å². The first-order chi connectivity index (χ1) is 7.50. The van der Waals surface area contributed by atoms with Crippen LogP contribution in [0.5, 0.6) is 0 Å². The van der Waals surface area contributed by atoms with Gasteiger partial charge in [0.15, 0.2) is 0 Å². The van der Waals surface area contributed by atoms with Crippen molar-refractivity contribution in [2.75, 3.05) is 0 Å². The lowest BCUT2D eigenvalue weighted by Crippen LogP contribution is -1.55. The molecule has 1 heterocycles. The van der Waals surface area contributed by atoms with Gasteiger partial charge in [0.2, 0.25) is 0 Å². The second-order valence-electron chi connectivity index (χ2n) is 2.52. The van der Waals surface area contributed by atoms with E-state index in [4.69, 9.17) is 0 Å². The maximum Gasteiger partial charge on any atom is 0.143 e. The van der Waals surface area contributed by atoms with Gasteiger partial charge < -0.3 is 0 Å². The Morgan fingerprint density at radius 1 is 0.667 bits per heavy atom. The fourth-order valence-electron chi connectivity index (χ4n) is 0.769. The maximum atomic E-state index is 4.55. The zero-order valence-corrected chi connectivity index (χ0v) is 9.24. The summed E-state index contributed by atoms with van der Waals surface area (Å²) in [6, 6.07) is 3.66. The largest absolute Gasteiger partial charge is 0.296 e. The van der Waals surface area contributed by atoms with Crippen LogP contribution in [0.25, 0.3) is 0 Å². The number of hydrogen-bond acceptors (Lipinski definition) is 2. The third-order valence-electron chi connectivity index (χ3n) is 1.39. The van der Waals surface area contributed by atoms with Crippen LogP contribution in [0.1, 0.15) is 0 Å². The van der Waals surface area contributed by atoms with Crippen LogP contribution in [0, 0.1) is 0 Å². The van der Waals surface area contributed by atoms with Gasteiger partial charge in [0.05, 0.1) is 8.43 Å². The molecule has 0 fully saturated rings. The highest BCUT2D eigenvalue weighted by Gasteiger charge is 1.65. The Balaban J connectivity index is 0.000000151. The van der Waals surface area contributed by atoms with Gasteiger partial charge in [-0.1, -0.05) is 54.7 Å². The predicted octanol–water partition coefficient (Wildman–Crippen LogP) is 4.25. The highest BCUT2D eigenvalue weighted by molar-refractivity contribution is 7.21. The zero-order valence-electron chi connectivity index (χ0n) is 8.24. The van der Waals surface area contributed by atoms with Crippen molar-refractivity contribution >= 4 is 8.43 Å². The Morgan fingerprint density at radius 3 is 1.73 bits per heavy atom. The minimum Gasteiger partial charge on any atom is -0.296 e. The van der Waals surface area contributed by atoms with E-state index in [2.05, 4.69) is 8.93 Å². The van der Waals surface area contributed by atoms with E-state index >= 15 is 0 Å². The molecule has 1 aromatic rings. The molecular weight excluding hydrogens is 207 g/mol. The van der Waals surface area contributed by atoms with Crippen molar-refractivity contribution in [2.24, 2.45) is 0 Å². The predicted molar refractivity (Wildman–Crippen MR) is 64.7 cm³/mol. The van der Waals surface area contributed by atoms with Crippen molar-refractivity contribution in [3.63, 3.8) is 0 Å². The van der Waals surface area contributed by atoms with Gasteiger partial charge in [-0.2, -0.15) is 0 Å². The smallest absolute Gasteiger partial charge is 0.143 e. The maximum absolute atomic E-state index is 4.55. The second-order valence-corrected chi connectivity index (χ2v) is 3.26. The van der Waals surface area contributed by atoms with E-state index in [0.717, 1.165) is 0 Å². The number of hydrogen-bond donors (Lipinski definition) is 0.